The van der Waals surface area contributed by atoms with Crippen LogP contribution in [0.15, 0.2) is 57.0 Å². The van der Waals surface area contributed by atoms with Crippen LogP contribution in [-0.2, 0) is 29.2 Å². The van der Waals surface area contributed by atoms with Crippen molar-refractivity contribution in [3.63, 3.8) is 0 Å². The number of halogens is 1. The zero-order chi connectivity index (χ0) is 26.4. The van der Waals surface area contributed by atoms with Crippen LogP contribution >= 0.6 is 11.6 Å². The molecule has 11 nitrogen and oxygen atoms in total. The lowest BCUT2D eigenvalue weighted by Gasteiger charge is -2.16. The molecule has 0 aliphatic heterocycles. The topological polar surface area (TPSA) is 132 Å². The summed E-state index contributed by atoms with van der Waals surface area (Å²) in [6, 6.07) is 12.1. The van der Waals surface area contributed by atoms with E-state index in [-0.39, 0.29) is 25.3 Å². The summed E-state index contributed by atoms with van der Waals surface area (Å²) in [5.41, 5.74) is -0.130. The normalized spacial score (nSPS) is 12.3. The maximum absolute atomic E-state index is 13.5. The summed E-state index contributed by atoms with van der Waals surface area (Å²) < 4.78 is 18.3. The van der Waals surface area contributed by atoms with Gasteiger partial charge in [-0.1, -0.05) is 30.7 Å². The third-order valence-electron chi connectivity index (χ3n) is 5.55. The van der Waals surface area contributed by atoms with Crippen LogP contribution in [0.2, 0.25) is 5.02 Å². The van der Waals surface area contributed by atoms with Crippen LogP contribution in [0, 0.1) is 5.92 Å². The SMILES string of the molecule is COC(=O)[C@@H](C)Cn1c(=O)n(N)/c(=N\Cc2ccc(OC)cc2OC)n(Cc2ccc(Cl)cc2)c1=O. The highest BCUT2D eigenvalue weighted by Crippen LogP contribution is 2.24. The second kappa shape index (κ2) is 11.6. The number of nitrogens with zero attached hydrogens (tertiary/aromatic N) is 4. The fourth-order valence-electron chi connectivity index (χ4n) is 3.58. The Bertz CT molecular complexity index is 1420. The molecule has 0 unspecified atom stereocenters. The Morgan fingerprint density at radius 3 is 2.33 bits per heavy atom. The van der Waals surface area contributed by atoms with Crippen molar-refractivity contribution in [1.29, 1.82) is 0 Å². The molecule has 1 heterocycles. The van der Waals surface area contributed by atoms with Gasteiger partial charge in [-0.3, -0.25) is 9.36 Å². The van der Waals surface area contributed by atoms with Gasteiger partial charge in [0.1, 0.15) is 11.5 Å². The summed E-state index contributed by atoms with van der Waals surface area (Å²) in [7, 11) is 4.29. The number of hydrogen-bond acceptors (Lipinski definition) is 8. The summed E-state index contributed by atoms with van der Waals surface area (Å²) in [5.74, 6) is 5.95. The molecule has 0 fully saturated rings. The van der Waals surface area contributed by atoms with Crippen LogP contribution in [0.25, 0.3) is 0 Å². The molecule has 0 bridgehead atoms. The number of esters is 1. The van der Waals surface area contributed by atoms with Crippen molar-refractivity contribution >= 4 is 17.6 Å². The highest BCUT2D eigenvalue weighted by Gasteiger charge is 2.20. The number of nitrogens with two attached hydrogens (primary N) is 1. The Hall–Kier alpha value is -3.99. The summed E-state index contributed by atoms with van der Waals surface area (Å²) in [5, 5.41) is 0.536. The van der Waals surface area contributed by atoms with Gasteiger partial charge in [-0.2, -0.15) is 4.68 Å². The number of carbonyl (C=O) groups is 1. The Kier molecular flexibility index (Phi) is 8.59. The highest BCUT2D eigenvalue weighted by atomic mass is 35.5. The molecule has 192 valence electrons. The Morgan fingerprint density at radius 2 is 1.72 bits per heavy atom. The first-order valence-electron chi connectivity index (χ1n) is 11.0. The van der Waals surface area contributed by atoms with Crippen molar-refractivity contribution in [2.24, 2.45) is 10.9 Å². The van der Waals surface area contributed by atoms with Crippen molar-refractivity contribution in [3.05, 3.63) is 85.2 Å². The minimum Gasteiger partial charge on any atom is -0.497 e. The molecule has 3 aromatic rings. The van der Waals surface area contributed by atoms with Crippen molar-refractivity contribution < 1.29 is 19.0 Å². The molecule has 12 heteroatoms. The Morgan fingerprint density at radius 1 is 1.03 bits per heavy atom. The number of carbonyl (C=O) groups excluding carboxylic acids is 1. The first kappa shape index (κ1) is 26.6. The van der Waals surface area contributed by atoms with Gasteiger partial charge in [0.2, 0.25) is 5.62 Å². The van der Waals surface area contributed by atoms with Crippen molar-refractivity contribution in [2.45, 2.75) is 26.6 Å². The second-order valence-electron chi connectivity index (χ2n) is 7.98. The maximum atomic E-state index is 13.5. The number of benzene rings is 2. The van der Waals surface area contributed by atoms with Gasteiger partial charge in [-0.25, -0.2) is 19.1 Å². The van der Waals surface area contributed by atoms with Gasteiger partial charge in [0.15, 0.2) is 0 Å². The number of methoxy groups -OCH3 is 3. The third kappa shape index (κ3) is 5.80. The van der Waals surface area contributed by atoms with Crippen LogP contribution in [0.5, 0.6) is 11.5 Å². The molecule has 36 heavy (non-hydrogen) atoms. The Labute approximate surface area is 211 Å². The highest BCUT2D eigenvalue weighted by molar-refractivity contribution is 6.30. The fraction of sp³-hybridized carbons (Fsp3) is 0.333. The summed E-state index contributed by atoms with van der Waals surface area (Å²) in [6.45, 7) is 1.45. The van der Waals surface area contributed by atoms with E-state index in [1.807, 2.05) is 0 Å². The quantitative estimate of drug-likeness (QED) is 0.332. The van der Waals surface area contributed by atoms with E-state index in [4.69, 9.17) is 31.7 Å². The van der Waals surface area contributed by atoms with E-state index in [0.29, 0.717) is 22.1 Å². The standard InChI is InChI=1S/C24H28ClN5O6/c1-15(21(31)36-4)13-29-23(32)28(14-16-5-8-18(25)9-6-16)22(30(26)24(29)33)27-12-17-7-10-19(34-2)11-20(17)35-3/h5-11,15H,12-14,26H2,1-4H3/b27-22-/t15-/m0/s1. The minimum atomic E-state index is -0.816. The number of nitrogen functional groups attached to an aromatic ring is 1. The van der Waals surface area contributed by atoms with E-state index in [1.54, 1.807) is 56.5 Å². The van der Waals surface area contributed by atoms with E-state index in [9.17, 15) is 14.4 Å². The molecule has 1 atom stereocenters. The zero-order valence-corrected chi connectivity index (χ0v) is 21.2. The van der Waals surface area contributed by atoms with Crippen LogP contribution in [-0.4, -0.2) is 41.1 Å². The number of hydrogen-bond donors (Lipinski definition) is 1. The monoisotopic (exact) mass is 517 g/mol. The lowest BCUT2D eigenvalue weighted by molar-refractivity contribution is -0.145. The van der Waals surface area contributed by atoms with Gasteiger partial charge in [-0.05, 0) is 29.8 Å². The summed E-state index contributed by atoms with van der Waals surface area (Å²) in [6.07, 6.45) is 0. The molecule has 0 saturated heterocycles. The molecule has 0 aliphatic carbocycles. The van der Waals surface area contributed by atoms with Gasteiger partial charge in [-0.15, -0.1) is 0 Å². The predicted molar refractivity (Wildman–Crippen MR) is 134 cm³/mol. The lowest BCUT2D eigenvalue weighted by atomic mass is 10.2. The minimum absolute atomic E-state index is 0.0542. The molecule has 0 saturated carbocycles. The number of ether oxygens (including phenoxy) is 3. The molecule has 2 aromatic carbocycles. The molecule has 1 aromatic heterocycles. The van der Waals surface area contributed by atoms with E-state index in [2.05, 4.69) is 4.99 Å². The van der Waals surface area contributed by atoms with Gasteiger partial charge in [0.25, 0.3) is 0 Å². The third-order valence-corrected chi connectivity index (χ3v) is 5.81. The van der Waals surface area contributed by atoms with E-state index in [1.165, 1.54) is 18.8 Å². The molecule has 0 amide bonds. The van der Waals surface area contributed by atoms with Gasteiger partial charge in [0, 0.05) is 23.2 Å². The summed E-state index contributed by atoms with van der Waals surface area (Å²) in [4.78, 5) is 42.9. The lowest BCUT2D eigenvalue weighted by Crippen LogP contribution is -2.58. The molecule has 0 aliphatic rings. The van der Waals surface area contributed by atoms with Gasteiger partial charge in [0.05, 0.1) is 40.3 Å². The first-order valence-corrected chi connectivity index (χ1v) is 11.3. The molecule has 0 radical (unpaired) electrons. The van der Waals surface area contributed by atoms with Crippen LogP contribution in [0.4, 0.5) is 0 Å². The zero-order valence-electron chi connectivity index (χ0n) is 20.4. The van der Waals surface area contributed by atoms with Crippen LogP contribution in [0.3, 0.4) is 0 Å². The molecular weight excluding hydrogens is 490 g/mol. The average Bonchev–Trinajstić information content (AvgIpc) is 2.89. The van der Waals surface area contributed by atoms with Crippen LogP contribution < -0.4 is 32.3 Å². The second-order valence-corrected chi connectivity index (χ2v) is 8.41. The summed E-state index contributed by atoms with van der Waals surface area (Å²) >= 11 is 6.00. The van der Waals surface area contributed by atoms with E-state index >= 15 is 0 Å². The number of rotatable bonds is 9. The van der Waals surface area contributed by atoms with Gasteiger partial charge < -0.3 is 20.1 Å². The molecule has 3 rings (SSSR count). The van der Waals surface area contributed by atoms with E-state index in [0.717, 1.165) is 14.8 Å². The predicted octanol–water partition coefficient (Wildman–Crippen LogP) is 1.15. The molecule has 2 N–H and O–H groups in total. The van der Waals surface area contributed by atoms with E-state index < -0.39 is 23.3 Å². The fourth-order valence-corrected chi connectivity index (χ4v) is 3.70. The Balaban J connectivity index is 2.17. The molecular formula is C24H28ClN5O6. The van der Waals surface area contributed by atoms with Crippen LogP contribution in [0.1, 0.15) is 18.1 Å². The molecule has 0 spiro atoms. The smallest absolute Gasteiger partial charge is 0.353 e. The first-order chi connectivity index (χ1) is 17.2. The van der Waals surface area contributed by atoms with Crippen molar-refractivity contribution in [2.75, 3.05) is 27.2 Å². The average molecular weight is 518 g/mol. The number of aromatic nitrogens is 3. The maximum Gasteiger partial charge on any atom is 0.353 e. The van der Waals surface area contributed by atoms with Crippen molar-refractivity contribution in [3.8, 4) is 11.5 Å². The largest absolute Gasteiger partial charge is 0.497 e. The van der Waals surface area contributed by atoms with Gasteiger partial charge >= 0.3 is 17.3 Å². The van der Waals surface area contributed by atoms with Crippen molar-refractivity contribution in [1.82, 2.24) is 13.8 Å².